The maximum Gasteiger partial charge on any atom is 0.416 e. The van der Waals surface area contributed by atoms with E-state index < -0.39 is 11.7 Å². The van der Waals surface area contributed by atoms with Crippen LogP contribution in [0.3, 0.4) is 0 Å². The molecule has 1 N–H and O–H groups in total. The molecule has 0 aromatic heterocycles. The smallest absolute Gasteiger partial charge is 0.416 e. The molecule has 1 heterocycles. The monoisotopic (exact) mass is 569 g/mol. The van der Waals surface area contributed by atoms with Crippen molar-refractivity contribution < 1.29 is 22.7 Å². The van der Waals surface area contributed by atoms with Crippen molar-refractivity contribution in [3.8, 4) is 5.75 Å². The molecule has 0 bridgehead atoms. The minimum Gasteiger partial charge on any atom is -0.486 e. The molecule has 1 saturated heterocycles. The van der Waals surface area contributed by atoms with E-state index in [4.69, 9.17) is 21.8 Å². The van der Waals surface area contributed by atoms with Crippen LogP contribution in [-0.4, -0.2) is 48.9 Å². The van der Waals surface area contributed by atoms with Gasteiger partial charge in [-0.15, -0.1) is 0 Å². The van der Waals surface area contributed by atoms with Crippen LogP contribution in [0.25, 0.3) is 0 Å². The molecule has 1 fully saturated rings. The fourth-order valence-electron chi connectivity index (χ4n) is 4.42. The molecule has 1 aliphatic rings. The number of benzene rings is 3. The summed E-state index contributed by atoms with van der Waals surface area (Å²) in [6, 6.07) is 22.3. The molecule has 3 aromatic rings. The number of rotatable bonds is 11. The highest BCUT2D eigenvalue weighted by Gasteiger charge is 2.29. The highest BCUT2D eigenvalue weighted by molar-refractivity contribution is 7.80. The van der Waals surface area contributed by atoms with Gasteiger partial charge in [-0.3, -0.25) is 0 Å². The van der Waals surface area contributed by atoms with Crippen LogP contribution in [0.1, 0.15) is 35.1 Å². The van der Waals surface area contributed by atoms with E-state index in [0.29, 0.717) is 41.0 Å². The topological polar surface area (TPSA) is 46.1 Å². The number of hydrogen-bond acceptors (Lipinski definition) is 5. The molecule has 212 valence electrons. The molecule has 40 heavy (non-hydrogen) atoms. The Hall–Kier alpha value is -3.43. The summed E-state index contributed by atoms with van der Waals surface area (Å²) in [6.07, 6.45) is -1.49. The molecule has 0 aliphatic carbocycles. The van der Waals surface area contributed by atoms with Crippen molar-refractivity contribution in [1.29, 1.82) is 0 Å². The number of halogens is 3. The van der Waals surface area contributed by atoms with Crippen LogP contribution in [0.2, 0.25) is 0 Å². The van der Waals surface area contributed by atoms with Crippen LogP contribution in [0, 0.1) is 5.92 Å². The van der Waals surface area contributed by atoms with Crippen molar-refractivity contribution >= 4 is 22.9 Å². The summed E-state index contributed by atoms with van der Waals surface area (Å²) in [7, 11) is 2.15. The molecule has 4 rings (SSSR count). The van der Waals surface area contributed by atoms with Crippen molar-refractivity contribution in [3.63, 3.8) is 0 Å². The summed E-state index contributed by atoms with van der Waals surface area (Å²) in [6.45, 7) is 3.48. The number of piperidine rings is 1. The molecule has 5 nitrogen and oxygen atoms in total. The summed E-state index contributed by atoms with van der Waals surface area (Å²) in [4.78, 5) is 8.61. The van der Waals surface area contributed by atoms with Crippen LogP contribution >= 0.6 is 12.2 Å². The largest absolute Gasteiger partial charge is 0.486 e. The minimum atomic E-state index is -4.37. The Kier molecular flexibility index (Phi) is 10.5. The molecular formula is C31H34F3N3O2S. The van der Waals surface area contributed by atoms with Gasteiger partial charge in [0, 0.05) is 13.0 Å². The Morgan fingerprint density at radius 1 is 0.950 bits per heavy atom. The highest BCUT2D eigenvalue weighted by Crippen LogP contribution is 2.29. The van der Waals surface area contributed by atoms with Crippen LogP contribution in [0.4, 0.5) is 13.2 Å². The molecular weight excluding hydrogens is 535 g/mol. The predicted octanol–water partition coefficient (Wildman–Crippen LogP) is 6.51. The molecule has 0 spiro atoms. The second-order valence-electron chi connectivity index (χ2n) is 10.0. The summed E-state index contributed by atoms with van der Waals surface area (Å²) >= 11 is 5.46. The number of nitrogens with zero attached hydrogens (tertiary/aromatic N) is 2. The maximum atomic E-state index is 12.8. The average molecular weight is 570 g/mol. The van der Waals surface area contributed by atoms with Gasteiger partial charge in [-0.2, -0.15) is 13.2 Å². The zero-order chi connectivity index (χ0) is 28.4. The zero-order valence-electron chi connectivity index (χ0n) is 22.5. The first kappa shape index (κ1) is 29.6. The van der Waals surface area contributed by atoms with Crippen LogP contribution in [0.5, 0.6) is 5.75 Å². The molecule has 0 radical (unpaired) electrons. The predicted molar refractivity (Wildman–Crippen MR) is 156 cm³/mol. The normalized spacial score (nSPS) is 15.1. The van der Waals surface area contributed by atoms with E-state index in [1.54, 1.807) is 0 Å². The third-order valence-corrected chi connectivity index (χ3v) is 7.15. The Balaban J connectivity index is 1.33. The van der Waals surface area contributed by atoms with Gasteiger partial charge in [0.2, 0.25) is 0 Å². The number of hydrogen-bond donors (Lipinski definition) is 1. The molecule has 0 saturated carbocycles. The van der Waals surface area contributed by atoms with Gasteiger partial charge in [-0.05, 0) is 92.0 Å². The number of thiocarbonyl (C=S) groups is 1. The second kappa shape index (κ2) is 14.3. The van der Waals surface area contributed by atoms with E-state index in [1.165, 1.54) is 25.0 Å². The maximum absolute atomic E-state index is 12.8. The molecule has 9 heteroatoms. The molecule has 0 unspecified atom stereocenters. The Labute approximate surface area is 239 Å². The van der Waals surface area contributed by atoms with Crippen molar-refractivity contribution in [1.82, 2.24) is 10.2 Å². The van der Waals surface area contributed by atoms with Crippen LogP contribution < -0.4 is 10.1 Å². The summed E-state index contributed by atoms with van der Waals surface area (Å²) in [5.74, 6) is 1.33. The molecule has 0 amide bonds. The van der Waals surface area contributed by atoms with Gasteiger partial charge < -0.3 is 19.8 Å². The molecule has 1 aliphatic heterocycles. The van der Waals surface area contributed by atoms with E-state index in [9.17, 15) is 13.2 Å². The van der Waals surface area contributed by atoms with Gasteiger partial charge >= 0.3 is 6.18 Å². The van der Waals surface area contributed by atoms with Gasteiger partial charge in [0.1, 0.15) is 24.0 Å². The number of alkyl halides is 3. The Morgan fingerprint density at radius 2 is 1.62 bits per heavy atom. The van der Waals surface area contributed by atoms with E-state index in [0.717, 1.165) is 42.9 Å². The first-order valence-electron chi connectivity index (χ1n) is 13.3. The van der Waals surface area contributed by atoms with Crippen LogP contribution in [0.15, 0.2) is 84.0 Å². The van der Waals surface area contributed by atoms with E-state index in [1.807, 2.05) is 54.6 Å². The van der Waals surface area contributed by atoms with Crippen molar-refractivity contribution in [2.75, 3.05) is 33.3 Å². The average Bonchev–Trinajstić information content (AvgIpc) is 2.96. The highest BCUT2D eigenvalue weighted by atomic mass is 32.1. The zero-order valence-corrected chi connectivity index (χ0v) is 23.3. The second-order valence-corrected chi connectivity index (χ2v) is 10.5. The first-order chi connectivity index (χ1) is 19.3. The van der Waals surface area contributed by atoms with E-state index in [2.05, 4.69) is 22.4 Å². The summed E-state index contributed by atoms with van der Waals surface area (Å²) in [5.41, 5.74) is 2.51. The summed E-state index contributed by atoms with van der Waals surface area (Å²) in [5, 5.41) is 7.69. The molecule has 0 atom stereocenters. The van der Waals surface area contributed by atoms with Gasteiger partial charge in [0.05, 0.1) is 11.3 Å². The third-order valence-electron chi connectivity index (χ3n) is 6.89. The van der Waals surface area contributed by atoms with Gasteiger partial charge in [-0.1, -0.05) is 59.8 Å². The Morgan fingerprint density at radius 3 is 2.27 bits per heavy atom. The number of nitrogens with one attached hydrogen (secondary N) is 1. The minimum absolute atomic E-state index is 0.0552. The van der Waals surface area contributed by atoms with Crippen molar-refractivity contribution in [2.24, 2.45) is 11.1 Å². The lowest BCUT2D eigenvalue weighted by molar-refractivity contribution is -0.137. The van der Waals surface area contributed by atoms with Gasteiger partial charge in [0.15, 0.2) is 0 Å². The van der Waals surface area contributed by atoms with Crippen LogP contribution in [-0.2, 0) is 24.0 Å². The number of likely N-dealkylation sites (tertiary alicyclic amines) is 1. The fraction of sp³-hybridized carbons (Fsp3) is 0.355. The fourth-order valence-corrected chi connectivity index (χ4v) is 4.56. The van der Waals surface area contributed by atoms with Crippen molar-refractivity contribution in [2.45, 2.75) is 32.0 Å². The quantitative estimate of drug-likeness (QED) is 0.162. The van der Waals surface area contributed by atoms with Gasteiger partial charge in [0.25, 0.3) is 0 Å². The van der Waals surface area contributed by atoms with E-state index >= 15 is 0 Å². The lowest BCUT2D eigenvalue weighted by Gasteiger charge is -2.29. The lowest BCUT2D eigenvalue weighted by Crippen LogP contribution is -2.37. The van der Waals surface area contributed by atoms with E-state index in [-0.39, 0.29) is 6.61 Å². The SMILES string of the molecule is CN1CCC(CNC(=S)COc2ccc(C(Cc3ccccc3)=NOCc3ccc(C(F)(F)F)cc3)cc2)CC1. The third kappa shape index (κ3) is 9.34. The first-order valence-corrected chi connectivity index (χ1v) is 13.7. The van der Waals surface area contributed by atoms with Gasteiger partial charge in [-0.25, -0.2) is 0 Å². The number of oxime groups is 1. The number of ether oxygens (including phenoxy) is 1. The standard InChI is InChI=1S/C31H34F3N3O2S/c1-37-17-15-24(16-18-37)20-35-30(40)22-38-28-13-9-26(10-14-28)29(19-23-5-3-2-4-6-23)36-39-21-25-7-11-27(12-8-25)31(32,33)34/h2-14,24H,15-22H2,1H3,(H,35,40). The van der Waals surface area contributed by atoms with Crippen molar-refractivity contribution in [3.05, 3.63) is 101 Å². The lowest BCUT2D eigenvalue weighted by atomic mass is 9.97. The Bertz CT molecular complexity index is 1240. The molecule has 3 aromatic carbocycles. The summed E-state index contributed by atoms with van der Waals surface area (Å²) < 4.78 is 44.4.